The molecule has 0 aliphatic carbocycles. The molecule has 1 rings (SSSR count). The summed E-state index contributed by atoms with van der Waals surface area (Å²) in [5.74, 6) is 0.0437. The zero-order valence-electron chi connectivity index (χ0n) is 11.4. The fourth-order valence-corrected chi connectivity index (χ4v) is 1.57. The molecule has 8 heteroatoms. The van der Waals surface area contributed by atoms with Gasteiger partial charge in [-0.25, -0.2) is 0 Å². The summed E-state index contributed by atoms with van der Waals surface area (Å²) in [6, 6.07) is 0. The summed E-state index contributed by atoms with van der Waals surface area (Å²) in [5.41, 5.74) is 0. The van der Waals surface area contributed by atoms with Gasteiger partial charge in [0.2, 0.25) is 11.7 Å². The number of aromatic nitrogens is 2. The van der Waals surface area contributed by atoms with Gasteiger partial charge in [0.1, 0.15) is 12.7 Å². The lowest BCUT2D eigenvalue weighted by atomic mass is 10.4. The first-order valence-electron chi connectivity index (χ1n) is 5.99. The molecule has 0 unspecified atom stereocenters. The Morgan fingerprint density at radius 3 is 2.79 bits per heavy atom. The second-order valence-corrected chi connectivity index (χ2v) is 4.54. The SMILES string of the molecule is Cc1nc([N+](=O)[O-])cn1CC(=O)NCCCN(C)C. The standard InChI is InChI=1S/C11H19N5O3/c1-9-13-10(16(18)19)7-15(9)8-11(17)12-5-4-6-14(2)3/h7H,4-6,8H2,1-3H3,(H,12,17). The van der Waals surface area contributed by atoms with Crippen LogP contribution in [0.15, 0.2) is 6.20 Å². The summed E-state index contributed by atoms with van der Waals surface area (Å²) in [6.07, 6.45) is 2.14. The molecule has 0 aliphatic rings. The Morgan fingerprint density at radius 2 is 2.26 bits per heavy atom. The van der Waals surface area contributed by atoms with Gasteiger partial charge < -0.3 is 20.3 Å². The van der Waals surface area contributed by atoms with Crippen molar-refractivity contribution >= 4 is 11.7 Å². The smallest absolute Gasteiger partial charge is 0.358 e. The second kappa shape index (κ2) is 6.83. The Kier molecular flexibility index (Phi) is 5.43. The average molecular weight is 269 g/mol. The topological polar surface area (TPSA) is 93.3 Å². The Bertz CT molecular complexity index is 455. The van der Waals surface area contributed by atoms with Crippen LogP contribution in [0.5, 0.6) is 0 Å². The quantitative estimate of drug-likeness (QED) is 0.432. The maximum atomic E-state index is 11.6. The van der Waals surface area contributed by atoms with Crippen LogP contribution in [-0.2, 0) is 11.3 Å². The van der Waals surface area contributed by atoms with Crippen molar-refractivity contribution in [2.75, 3.05) is 27.2 Å². The lowest BCUT2D eigenvalue weighted by Crippen LogP contribution is -2.30. The van der Waals surface area contributed by atoms with Crippen LogP contribution in [0, 0.1) is 17.0 Å². The Hall–Kier alpha value is -1.96. The van der Waals surface area contributed by atoms with E-state index in [4.69, 9.17) is 0 Å². The van der Waals surface area contributed by atoms with Crippen molar-refractivity contribution in [1.29, 1.82) is 0 Å². The zero-order valence-corrected chi connectivity index (χ0v) is 11.4. The predicted molar refractivity (Wildman–Crippen MR) is 69.8 cm³/mol. The van der Waals surface area contributed by atoms with Crippen molar-refractivity contribution < 1.29 is 9.72 Å². The molecule has 1 amide bonds. The van der Waals surface area contributed by atoms with Crippen LogP contribution in [0.25, 0.3) is 0 Å². The summed E-state index contributed by atoms with van der Waals surface area (Å²) in [7, 11) is 3.94. The molecule has 0 saturated carbocycles. The van der Waals surface area contributed by atoms with E-state index in [1.165, 1.54) is 10.8 Å². The lowest BCUT2D eigenvalue weighted by Gasteiger charge is -2.10. The van der Waals surface area contributed by atoms with Gasteiger partial charge in [-0.2, -0.15) is 0 Å². The van der Waals surface area contributed by atoms with E-state index < -0.39 is 4.92 Å². The van der Waals surface area contributed by atoms with Crippen molar-refractivity contribution in [3.8, 4) is 0 Å². The van der Waals surface area contributed by atoms with Crippen LogP contribution < -0.4 is 5.32 Å². The Morgan fingerprint density at radius 1 is 1.58 bits per heavy atom. The molecule has 1 aromatic heterocycles. The molecule has 0 aromatic carbocycles. The van der Waals surface area contributed by atoms with Crippen LogP contribution in [-0.4, -0.2) is 52.5 Å². The predicted octanol–water partition coefficient (Wildman–Crippen LogP) is 0.168. The molecule has 0 saturated heterocycles. The number of carbonyl (C=O) groups is 1. The van der Waals surface area contributed by atoms with E-state index in [1.54, 1.807) is 6.92 Å². The van der Waals surface area contributed by atoms with Crippen molar-refractivity contribution in [1.82, 2.24) is 19.8 Å². The van der Waals surface area contributed by atoms with Crippen LogP contribution in [0.3, 0.4) is 0 Å². The van der Waals surface area contributed by atoms with Gasteiger partial charge in [0.05, 0.1) is 0 Å². The summed E-state index contributed by atoms with van der Waals surface area (Å²) in [4.78, 5) is 27.4. The molecule has 8 nitrogen and oxygen atoms in total. The van der Waals surface area contributed by atoms with Crippen molar-refractivity contribution in [2.45, 2.75) is 19.9 Å². The molecule has 1 heterocycles. The molecule has 1 N–H and O–H groups in total. The third kappa shape index (κ3) is 5.04. The van der Waals surface area contributed by atoms with E-state index in [-0.39, 0.29) is 18.3 Å². The first-order chi connectivity index (χ1) is 8.90. The van der Waals surface area contributed by atoms with E-state index in [2.05, 4.69) is 10.3 Å². The van der Waals surface area contributed by atoms with Gasteiger partial charge in [0.25, 0.3) is 0 Å². The van der Waals surface area contributed by atoms with Crippen LogP contribution in [0.2, 0.25) is 0 Å². The van der Waals surface area contributed by atoms with Gasteiger partial charge >= 0.3 is 5.82 Å². The van der Waals surface area contributed by atoms with E-state index in [0.717, 1.165) is 13.0 Å². The number of imidazole rings is 1. The summed E-state index contributed by atoms with van der Waals surface area (Å²) in [6.45, 7) is 3.17. The van der Waals surface area contributed by atoms with Gasteiger partial charge in [-0.3, -0.25) is 9.36 Å². The molecule has 0 bridgehead atoms. The van der Waals surface area contributed by atoms with E-state index in [1.807, 2.05) is 19.0 Å². The molecule has 1 aromatic rings. The molecular weight excluding hydrogens is 250 g/mol. The molecule has 0 radical (unpaired) electrons. The zero-order chi connectivity index (χ0) is 14.4. The molecule has 0 fully saturated rings. The highest BCUT2D eigenvalue weighted by atomic mass is 16.6. The number of nitrogens with zero attached hydrogens (tertiary/aromatic N) is 4. The fourth-order valence-electron chi connectivity index (χ4n) is 1.57. The van der Waals surface area contributed by atoms with Crippen LogP contribution in [0.4, 0.5) is 5.82 Å². The summed E-state index contributed by atoms with van der Waals surface area (Å²) >= 11 is 0. The number of carbonyl (C=O) groups excluding carboxylic acids is 1. The van der Waals surface area contributed by atoms with Crippen molar-refractivity contribution in [3.05, 3.63) is 22.1 Å². The van der Waals surface area contributed by atoms with Gasteiger partial charge in [0, 0.05) is 13.5 Å². The third-order valence-corrected chi connectivity index (χ3v) is 2.57. The fraction of sp³-hybridized carbons (Fsp3) is 0.636. The first-order valence-corrected chi connectivity index (χ1v) is 5.99. The molecule has 19 heavy (non-hydrogen) atoms. The largest absolute Gasteiger partial charge is 0.381 e. The number of amides is 1. The highest BCUT2D eigenvalue weighted by Gasteiger charge is 2.16. The maximum absolute atomic E-state index is 11.6. The van der Waals surface area contributed by atoms with E-state index in [0.29, 0.717) is 12.4 Å². The Balaban J connectivity index is 2.42. The Labute approximate surface area is 111 Å². The van der Waals surface area contributed by atoms with E-state index >= 15 is 0 Å². The number of hydrogen-bond acceptors (Lipinski definition) is 5. The van der Waals surface area contributed by atoms with Crippen molar-refractivity contribution in [2.24, 2.45) is 0 Å². The molecule has 0 aliphatic heterocycles. The van der Waals surface area contributed by atoms with Crippen LogP contribution in [0.1, 0.15) is 12.2 Å². The summed E-state index contributed by atoms with van der Waals surface area (Å²) < 4.78 is 1.47. The lowest BCUT2D eigenvalue weighted by molar-refractivity contribution is -0.389. The maximum Gasteiger partial charge on any atom is 0.381 e. The van der Waals surface area contributed by atoms with Gasteiger partial charge in [-0.1, -0.05) is 0 Å². The van der Waals surface area contributed by atoms with Crippen molar-refractivity contribution in [3.63, 3.8) is 0 Å². The average Bonchev–Trinajstić information content (AvgIpc) is 2.66. The molecule has 0 atom stereocenters. The highest BCUT2D eigenvalue weighted by molar-refractivity contribution is 5.75. The minimum atomic E-state index is -0.571. The van der Waals surface area contributed by atoms with Gasteiger partial charge in [0.15, 0.2) is 0 Å². The number of hydrogen-bond donors (Lipinski definition) is 1. The summed E-state index contributed by atoms with van der Waals surface area (Å²) in [5, 5.41) is 13.3. The molecule has 106 valence electrons. The van der Waals surface area contributed by atoms with Gasteiger partial charge in [-0.05, 0) is 37.0 Å². The number of nitro groups is 1. The minimum absolute atomic E-state index is 0.0502. The highest BCUT2D eigenvalue weighted by Crippen LogP contribution is 2.09. The first kappa shape index (κ1) is 15.1. The monoisotopic (exact) mass is 269 g/mol. The number of aryl methyl sites for hydroxylation is 1. The number of nitrogens with one attached hydrogen (secondary N) is 1. The molecule has 0 spiro atoms. The second-order valence-electron chi connectivity index (χ2n) is 4.54. The van der Waals surface area contributed by atoms with E-state index in [9.17, 15) is 14.9 Å². The normalized spacial score (nSPS) is 10.7. The minimum Gasteiger partial charge on any atom is -0.358 e. The number of rotatable bonds is 7. The van der Waals surface area contributed by atoms with Gasteiger partial charge in [-0.15, -0.1) is 0 Å². The van der Waals surface area contributed by atoms with Crippen LogP contribution >= 0.6 is 0 Å². The third-order valence-electron chi connectivity index (χ3n) is 2.57. The molecular formula is C11H19N5O3.